The van der Waals surface area contributed by atoms with Gasteiger partial charge in [-0.1, -0.05) is 6.42 Å². The highest BCUT2D eigenvalue weighted by Gasteiger charge is 2.56. The van der Waals surface area contributed by atoms with E-state index in [0.29, 0.717) is 23.8 Å². The molecule has 2 N–H and O–H groups in total. The van der Waals surface area contributed by atoms with E-state index in [1.165, 1.54) is 25.7 Å². The normalized spacial score (nSPS) is 25.4. The summed E-state index contributed by atoms with van der Waals surface area (Å²) < 4.78 is 18.2. The number of hydrogen-bond donors (Lipinski definition) is 2. The first-order valence-electron chi connectivity index (χ1n) is 8.72. The number of aromatic amines is 1. The Morgan fingerprint density at radius 3 is 2.84 bits per heavy atom. The van der Waals surface area contributed by atoms with Gasteiger partial charge in [0.05, 0.1) is 7.11 Å². The molecule has 6 heteroatoms. The molecular weight excluding hydrogens is 323 g/mol. The minimum atomic E-state index is -0.733. The summed E-state index contributed by atoms with van der Waals surface area (Å²) in [7, 11) is 1.32. The summed E-state index contributed by atoms with van der Waals surface area (Å²) in [4.78, 5) is 27.7. The maximum atomic E-state index is 13.3. The third kappa shape index (κ3) is 2.90. The maximum Gasteiger partial charge on any atom is 0.328 e. The van der Waals surface area contributed by atoms with Crippen LogP contribution < -0.4 is 5.32 Å². The topological polar surface area (TPSA) is 71.2 Å². The predicted octanol–water partition coefficient (Wildman–Crippen LogP) is 2.55. The number of ether oxygens (including phenoxy) is 1. The fourth-order valence-corrected chi connectivity index (χ4v) is 4.36. The first-order valence-corrected chi connectivity index (χ1v) is 8.72. The predicted molar refractivity (Wildman–Crippen MR) is 90.2 cm³/mol. The number of halogens is 1. The lowest BCUT2D eigenvalue weighted by atomic mass is 10.0. The average molecular weight is 344 g/mol. The van der Waals surface area contributed by atoms with Crippen LogP contribution in [-0.4, -0.2) is 30.0 Å². The van der Waals surface area contributed by atoms with E-state index in [1.807, 2.05) is 0 Å². The lowest BCUT2D eigenvalue weighted by Gasteiger charge is -2.17. The van der Waals surface area contributed by atoms with Gasteiger partial charge >= 0.3 is 5.97 Å². The van der Waals surface area contributed by atoms with Gasteiger partial charge in [-0.15, -0.1) is 0 Å². The summed E-state index contributed by atoms with van der Waals surface area (Å²) in [6.45, 7) is 0. The lowest BCUT2D eigenvalue weighted by Crippen LogP contribution is -2.44. The average Bonchev–Trinajstić information content (AvgIpc) is 2.94. The van der Waals surface area contributed by atoms with E-state index in [9.17, 15) is 14.0 Å². The third-order valence-electron chi connectivity index (χ3n) is 5.66. The van der Waals surface area contributed by atoms with Gasteiger partial charge in [0.1, 0.15) is 11.9 Å². The molecule has 4 atom stereocenters. The number of nitrogens with one attached hydrogen (secondary N) is 2. The molecule has 2 aliphatic carbocycles. The minimum absolute atomic E-state index is 0.0454. The van der Waals surface area contributed by atoms with Crippen molar-refractivity contribution in [1.29, 1.82) is 0 Å². The van der Waals surface area contributed by atoms with Crippen LogP contribution in [0.3, 0.4) is 0 Å². The van der Waals surface area contributed by atoms with Crippen LogP contribution in [0.4, 0.5) is 4.39 Å². The lowest BCUT2D eigenvalue weighted by molar-refractivity contribution is -0.145. The standard InChI is InChI=1S/C19H21FN2O3/c1-25-19(24)16(22-18(23)17-13-3-2-4-14(13)17)7-10-9-21-15-8-11(20)5-6-12(10)15/h5-6,8-9,13-14,16-17,21H,2-4,7H2,1H3,(H,22,23)/t13-,14+,16-,17?/m1/s1. The third-order valence-corrected chi connectivity index (χ3v) is 5.66. The molecule has 2 saturated carbocycles. The number of carbonyl (C=O) groups is 2. The second-order valence-corrected chi connectivity index (χ2v) is 7.08. The van der Waals surface area contributed by atoms with Gasteiger partial charge in [0.15, 0.2) is 0 Å². The molecule has 0 aliphatic heterocycles. The van der Waals surface area contributed by atoms with Gasteiger partial charge in [0.2, 0.25) is 5.91 Å². The molecule has 5 nitrogen and oxygen atoms in total. The van der Waals surface area contributed by atoms with Crippen LogP contribution in [-0.2, 0) is 20.7 Å². The van der Waals surface area contributed by atoms with E-state index in [0.717, 1.165) is 23.8 Å². The number of H-pyrrole nitrogens is 1. The zero-order valence-electron chi connectivity index (χ0n) is 14.0. The zero-order chi connectivity index (χ0) is 17.6. The molecule has 1 aromatic carbocycles. The molecule has 2 aromatic rings. The Hall–Kier alpha value is -2.37. The number of fused-ring (bicyclic) bond motifs is 2. The minimum Gasteiger partial charge on any atom is -0.467 e. The highest BCUT2D eigenvalue weighted by molar-refractivity contribution is 5.89. The molecule has 132 valence electrons. The molecule has 25 heavy (non-hydrogen) atoms. The summed E-state index contributed by atoms with van der Waals surface area (Å²) in [5, 5.41) is 3.71. The number of amides is 1. The number of aromatic nitrogens is 1. The van der Waals surface area contributed by atoms with Crippen molar-refractivity contribution in [3.8, 4) is 0 Å². The molecule has 0 radical (unpaired) electrons. The summed E-state index contributed by atoms with van der Waals surface area (Å²) >= 11 is 0. The van der Waals surface area contributed by atoms with Crippen LogP contribution >= 0.6 is 0 Å². The maximum absolute atomic E-state index is 13.3. The van der Waals surface area contributed by atoms with Crippen molar-refractivity contribution in [2.45, 2.75) is 31.7 Å². The smallest absolute Gasteiger partial charge is 0.328 e. The van der Waals surface area contributed by atoms with Crippen molar-refractivity contribution in [1.82, 2.24) is 10.3 Å². The molecule has 0 spiro atoms. The highest BCUT2D eigenvalue weighted by atomic mass is 19.1. The van der Waals surface area contributed by atoms with Gasteiger partial charge in [-0.25, -0.2) is 9.18 Å². The first-order chi connectivity index (χ1) is 12.1. The largest absolute Gasteiger partial charge is 0.467 e. The zero-order valence-corrected chi connectivity index (χ0v) is 14.0. The molecule has 2 fully saturated rings. The Bertz CT molecular complexity index is 821. The Morgan fingerprint density at radius 1 is 1.36 bits per heavy atom. The second-order valence-electron chi connectivity index (χ2n) is 7.08. The van der Waals surface area contributed by atoms with Crippen molar-refractivity contribution in [2.75, 3.05) is 7.11 Å². The van der Waals surface area contributed by atoms with E-state index in [-0.39, 0.29) is 17.6 Å². The quantitative estimate of drug-likeness (QED) is 0.819. The van der Waals surface area contributed by atoms with Gasteiger partial charge < -0.3 is 15.0 Å². The monoisotopic (exact) mass is 344 g/mol. The Kier molecular flexibility index (Phi) is 3.98. The Balaban J connectivity index is 1.50. The van der Waals surface area contributed by atoms with Crippen LogP contribution in [0.15, 0.2) is 24.4 Å². The van der Waals surface area contributed by atoms with Crippen LogP contribution in [0.5, 0.6) is 0 Å². The number of methoxy groups -OCH3 is 1. The molecule has 1 unspecified atom stereocenters. The molecule has 1 aromatic heterocycles. The molecule has 0 saturated heterocycles. The Morgan fingerprint density at radius 2 is 2.12 bits per heavy atom. The van der Waals surface area contributed by atoms with E-state index in [1.54, 1.807) is 12.3 Å². The van der Waals surface area contributed by atoms with E-state index in [4.69, 9.17) is 4.74 Å². The van der Waals surface area contributed by atoms with Crippen molar-refractivity contribution in [3.63, 3.8) is 0 Å². The van der Waals surface area contributed by atoms with E-state index in [2.05, 4.69) is 10.3 Å². The molecule has 0 bridgehead atoms. The summed E-state index contributed by atoms with van der Waals surface area (Å²) in [5.74, 6) is 0.215. The SMILES string of the molecule is COC(=O)[C@@H](Cc1c[nH]c2cc(F)ccc12)NC(=O)C1[C@H]2CCC[C@@H]12. The molecule has 1 amide bonds. The fraction of sp³-hybridized carbons (Fsp3) is 0.474. The van der Waals surface area contributed by atoms with Gasteiger partial charge in [-0.05, 0) is 48.4 Å². The number of rotatable bonds is 5. The van der Waals surface area contributed by atoms with Crippen LogP contribution in [0.1, 0.15) is 24.8 Å². The first kappa shape index (κ1) is 16.1. The van der Waals surface area contributed by atoms with Gasteiger partial charge in [-0.3, -0.25) is 4.79 Å². The molecule has 2 aliphatic rings. The molecule has 4 rings (SSSR count). The number of esters is 1. The number of hydrogen-bond acceptors (Lipinski definition) is 3. The summed E-state index contributed by atoms with van der Waals surface area (Å²) in [5.41, 5.74) is 1.52. The van der Waals surface area contributed by atoms with Crippen molar-refractivity contribution < 1.29 is 18.7 Å². The highest BCUT2D eigenvalue weighted by Crippen LogP contribution is 2.57. The second kappa shape index (κ2) is 6.17. The van der Waals surface area contributed by atoms with E-state index >= 15 is 0 Å². The van der Waals surface area contributed by atoms with Crippen molar-refractivity contribution >= 4 is 22.8 Å². The van der Waals surface area contributed by atoms with Crippen LogP contribution in [0.2, 0.25) is 0 Å². The van der Waals surface area contributed by atoms with Gasteiger partial charge in [0.25, 0.3) is 0 Å². The Labute approximate surface area is 144 Å². The number of benzene rings is 1. The van der Waals surface area contributed by atoms with Crippen LogP contribution in [0, 0.1) is 23.6 Å². The summed E-state index contributed by atoms with van der Waals surface area (Å²) in [6, 6.07) is 3.74. The van der Waals surface area contributed by atoms with Crippen molar-refractivity contribution in [3.05, 3.63) is 35.8 Å². The number of carbonyl (C=O) groups excluding carboxylic acids is 2. The van der Waals surface area contributed by atoms with Crippen molar-refractivity contribution in [2.24, 2.45) is 17.8 Å². The van der Waals surface area contributed by atoms with Crippen LogP contribution in [0.25, 0.3) is 10.9 Å². The van der Waals surface area contributed by atoms with Gasteiger partial charge in [0, 0.05) is 29.4 Å². The fourth-order valence-electron chi connectivity index (χ4n) is 4.36. The summed E-state index contributed by atoms with van der Waals surface area (Å²) in [6.07, 6.45) is 5.48. The molecule has 1 heterocycles. The van der Waals surface area contributed by atoms with E-state index < -0.39 is 12.0 Å². The molecular formula is C19H21FN2O3. The van der Waals surface area contributed by atoms with Gasteiger partial charge in [-0.2, -0.15) is 0 Å².